The molecule has 0 atom stereocenters. The quantitative estimate of drug-likeness (QED) is 0.797. The van der Waals surface area contributed by atoms with Gasteiger partial charge in [-0.1, -0.05) is 0 Å². The van der Waals surface area contributed by atoms with Gasteiger partial charge in [0.2, 0.25) is 0 Å². The Morgan fingerprint density at radius 1 is 1.14 bits per heavy atom. The van der Waals surface area contributed by atoms with Gasteiger partial charge in [0.05, 0.1) is 12.8 Å². The fraction of sp³-hybridized carbons (Fsp3) is 0.133. The van der Waals surface area contributed by atoms with Gasteiger partial charge in [0.15, 0.2) is 5.82 Å². The van der Waals surface area contributed by atoms with Gasteiger partial charge in [0.1, 0.15) is 23.1 Å². The Hall–Kier alpha value is -2.76. The summed E-state index contributed by atoms with van der Waals surface area (Å²) < 4.78 is 18.3. The molecule has 0 fully saturated rings. The molecule has 0 aliphatic rings. The van der Waals surface area contributed by atoms with Gasteiger partial charge in [-0.2, -0.15) is 0 Å². The minimum Gasteiger partial charge on any atom is -0.467 e. The van der Waals surface area contributed by atoms with Crippen molar-refractivity contribution in [1.29, 1.82) is 0 Å². The number of nitrogens with one attached hydrogen (secondary N) is 1. The van der Waals surface area contributed by atoms with Crippen molar-refractivity contribution in [3.63, 3.8) is 0 Å². The van der Waals surface area contributed by atoms with Crippen LogP contribution in [0.5, 0.6) is 0 Å². The molecule has 3 rings (SSSR count). The van der Waals surface area contributed by atoms with Crippen LogP contribution in [0.2, 0.25) is 0 Å². The van der Waals surface area contributed by atoms with E-state index >= 15 is 0 Å². The molecule has 2 aromatic heterocycles. The van der Waals surface area contributed by atoms with Gasteiger partial charge in [-0.3, -0.25) is 0 Å². The topological polar surface area (TPSA) is 63.8 Å². The summed E-state index contributed by atoms with van der Waals surface area (Å²) in [6.45, 7) is 2.25. The first-order chi connectivity index (χ1) is 10.2. The first kappa shape index (κ1) is 13.2. The number of aromatic nitrogens is 3. The molecule has 21 heavy (non-hydrogen) atoms. The Morgan fingerprint density at radius 3 is 2.67 bits per heavy atom. The molecule has 1 N–H and O–H groups in total. The van der Waals surface area contributed by atoms with Crippen molar-refractivity contribution >= 4 is 5.82 Å². The van der Waals surface area contributed by atoms with Crippen molar-refractivity contribution in [2.75, 3.05) is 5.32 Å². The molecule has 0 bridgehead atoms. The summed E-state index contributed by atoms with van der Waals surface area (Å²) in [5.41, 5.74) is 1.32. The number of halogens is 1. The van der Waals surface area contributed by atoms with Crippen molar-refractivity contribution in [1.82, 2.24) is 15.2 Å². The summed E-state index contributed by atoms with van der Waals surface area (Å²) in [5.74, 6) is 1.64. The Labute approximate surface area is 120 Å². The zero-order valence-corrected chi connectivity index (χ0v) is 11.4. The predicted molar refractivity (Wildman–Crippen MR) is 76.0 cm³/mol. The van der Waals surface area contributed by atoms with E-state index < -0.39 is 0 Å². The Morgan fingerprint density at radius 2 is 1.95 bits per heavy atom. The van der Waals surface area contributed by atoms with E-state index in [1.807, 2.05) is 12.1 Å². The number of hydrogen-bond donors (Lipinski definition) is 1. The van der Waals surface area contributed by atoms with Crippen LogP contribution in [-0.2, 0) is 6.54 Å². The molecule has 0 radical (unpaired) electrons. The number of anilines is 1. The van der Waals surface area contributed by atoms with Crippen LogP contribution in [0.25, 0.3) is 11.3 Å². The standard InChI is InChI=1S/C15H13FN4O/c1-10-18-15(17-9-13-3-2-8-21-13)14(20-19-10)11-4-6-12(16)7-5-11/h2-8H,9H2,1H3,(H,17,18,19). The van der Waals surface area contributed by atoms with E-state index in [0.29, 0.717) is 23.9 Å². The first-order valence-corrected chi connectivity index (χ1v) is 6.46. The van der Waals surface area contributed by atoms with E-state index in [1.54, 1.807) is 25.3 Å². The monoisotopic (exact) mass is 284 g/mol. The van der Waals surface area contributed by atoms with Gasteiger partial charge in [0.25, 0.3) is 0 Å². The highest BCUT2D eigenvalue weighted by Crippen LogP contribution is 2.24. The number of nitrogens with zero attached hydrogens (tertiary/aromatic N) is 3. The summed E-state index contributed by atoms with van der Waals surface area (Å²) in [6.07, 6.45) is 1.61. The van der Waals surface area contributed by atoms with Crippen LogP contribution in [0.3, 0.4) is 0 Å². The SMILES string of the molecule is Cc1nnc(-c2ccc(F)cc2)c(NCc2ccco2)n1. The van der Waals surface area contributed by atoms with Gasteiger partial charge in [-0.05, 0) is 43.3 Å². The number of rotatable bonds is 4. The van der Waals surface area contributed by atoms with Crippen molar-refractivity contribution in [2.45, 2.75) is 13.5 Å². The molecule has 5 nitrogen and oxygen atoms in total. The lowest BCUT2D eigenvalue weighted by Crippen LogP contribution is -2.06. The van der Waals surface area contributed by atoms with Crippen LogP contribution in [0, 0.1) is 12.7 Å². The second-order valence-electron chi connectivity index (χ2n) is 4.50. The Balaban J connectivity index is 1.91. The average molecular weight is 284 g/mol. The molecular weight excluding hydrogens is 271 g/mol. The average Bonchev–Trinajstić information content (AvgIpc) is 3.00. The molecule has 6 heteroatoms. The fourth-order valence-electron chi connectivity index (χ4n) is 1.92. The molecule has 0 spiro atoms. The van der Waals surface area contributed by atoms with Crippen molar-refractivity contribution in [3.8, 4) is 11.3 Å². The maximum absolute atomic E-state index is 13.0. The predicted octanol–water partition coefficient (Wildman–Crippen LogP) is 3.19. The molecular formula is C15H13FN4O. The second-order valence-corrected chi connectivity index (χ2v) is 4.50. The largest absolute Gasteiger partial charge is 0.467 e. The molecule has 0 amide bonds. The first-order valence-electron chi connectivity index (χ1n) is 6.46. The lowest BCUT2D eigenvalue weighted by Gasteiger charge is -2.09. The molecule has 106 valence electrons. The zero-order chi connectivity index (χ0) is 14.7. The van der Waals surface area contributed by atoms with Crippen LogP contribution >= 0.6 is 0 Å². The third-order valence-electron chi connectivity index (χ3n) is 2.92. The summed E-state index contributed by atoms with van der Waals surface area (Å²) in [6, 6.07) is 9.75. The normalized spacial score (nSPS) is 10.6. The van der Waals surface area contributed by atoms with E-state index in [9.17, 15) is 4.39 Å². The van der Waals surface area contributed by atoms with Gasteiger partial charge >= 0.3 is 0 Å². The van der Waals surface area contributed by atoms with Crippen LogP contribution in [0.4, 0.5) is 10.2 Å². The maximum Gasteiger partial charge on any atom is 0.157 e. The maximum atomic E-state index is 13.0. The Bertz CT molecular complexity index is 726. The Kier molecular flexibility index (Phi) is 3.59. The summed E-state index contributed by atoms with van der Waals surface area (Å²) in [4.78, 5) is 4.35. The third kappa shape index (κ3) is 3.05. The third-order valence-corrected chi connectivity index (χ3v) is 2.92. The summed E-state index contributed by atoms with van der Waals surface area (Å²) in [5, 5.41) is 11.3. The molecule has 0 aliphatic heterocycles. The highest BCUT2D eigenvalue weighted by Gasteiger charge is 2.10. The minimum absolute atomic E-state index is 0.295. The number of benzene rings is 1. The van der Waals surface area contributed by atoms with E-state index in [0.717, 1.165) is 11.3 Å². The summed E-state index contributed by atoms with van der Waals surface area (Å²) >= 11 is 0. The number of furan rings is 1. The van der Waals surface area contributed by atoms with E-state index in [-0.39, 0.29) is 5.82 Å². The van der Waals surface area contributed by atoms with Gasteiger partial charge in [0, 0.05) is 5.56 Å². The lowest BCUT2D eigenvalue weighted by atomic mass is 10.1. The van der Waals surface area contributed by atoms with E-state index in [1.165, 1.54) is 12.1 Å². The minimum atomic E-state index is -0.295. The second kappa shape index (κ2) is 5.70. The van der Waals surface area contributed by atoms with Crippen LogP contribution in [-0.4, -0.2) is 15.2 Å². The molecule has 1 aromatic carbocycles. The van der Waals surface area contributed by atoms with Crippen LogP contribution in [0.1, 0.15) is 11.6 Å². The highest BCUT2D eigenvalue weighted by molar-refractivity contribution is 5.70. The lowest BCUT2D eigenvalue weighted by molar-refractivity contribution is 0.517. The van der Waals surface area contributed by atoms with Gasteiger partial charge in [-0.15, -0.1) is 10.2 Å². The zero-order valence-electron chi connectivity index (χ0n) is 11.4. The molecule has 0 saturated carbocycles. The van der Waals surface area contributed by atoms with E-state index in [2.05, 4.69) is 20.5 Å². The van der Waals surface area contributed by atoms with Gasteiger partial charge in [-0.25, -0.2) is 9.37 Å². The van der Waals surface area contributed by atoms with Crippen molar-refractivity contribution in [2.24, 2.45) is 0 Å². The smallest absolute Gasteiger partial charge is 0.157 e. The molecule has 0 saturated heterocycles. The highest BCUT2D eigenvalue weighted by atomic mass is 19.1. The van der Waals surface area contributed by atoms with Crippen molar-refractivity contribution < 1.29 is 8.81 Å². The number of hydrogen-bond acceptors (Lipinski definition) is 5. The molecule has 0 unspecified atom stereocenters. The molecule has 3 aromatic rings. The van der Waals surface area contributed by atoms with E-state index in [4.69, 9.17) is 4.42 Å². The van der Waals surface area contributed by atoms with Crippen LogP contribution < -0.4 is 5.32 Å². The van der Waals surface area contributed by atoms with Gasteiger partial charge < -0.3 is 9.73 Å². The molecule has 0 aliphatic carbocycles. The summed E-state index contributed by atoms with van der Waals surface area (Å²) in [7, 11) is 0. The number of aryl methyl sites for hydroxylation is 1. The molecule has 2 heterocycles. The van der Waals surface area contributed by atoms with Crippen molar-refractivity contribution in [3.05, 3.63) is 60.1 Å². The fourth-order valence-corrected chi connectivity index (χ4v) is 1.92. The van der Waals surface area contributed by atoms with Crippen LogP contribution in [0.15, 0.2) is 47.1 Å².